The van der Waals surface area contributed by atoms with Gasteiger partial charge < -0.3 is 25.0 Å². The van der Waals surface area contributed by atoms with Crippen molar-refractivity contribution in [2.24, 2.45) is 0 Å². The highest BCUT2D eigenvalue weighted by Crippen LogP contribution is 2.25. The summed E-state index contributed by atoms with van der Waals surface area (Å²) in [4.78, 5) is 20.6. The van der Waals surface area contributed by atoms with E-state index in [9.17, 15) is 14.4 Å². The van der Waals surface area contributed by atoms with Gasteiger partial charge in [0.15, 0.2) is 0 Å². The lowest BCUT2D eigenvalue weighted by Crippen LogP contribution is -2.84. The maximum atomic E-state index is 10.3. The van der Waals surface area contributed by atoms with Crippen LogP contribution in [-0.2, 0) is 4.57 Å². The first kappa shape index (κ1) is 36.6. The topological polar surface area (TPSA) is 96.4 Å². The third-order valence-corrected chi connectivity index (χ3v) is 6.20. The van der Waals surface area contributed by atoms with Crippen LogP contribution in [0, 0.1) is 0 Å². The number of quaternary nitrogens is 2. The highest BCUT2D eigenvalue weighted by atomic mass is 31.2. The van der Waals surface area contributed by atoms with Crippen LogP contribution in [0.4, 0.5) is 0 Å². The van der Waals surface area contributed by atoms with E-state index in [4.69, 9.17) is 0 Å². The zero-order valence-electron chi connectivity index (χ0n) is 22.7. The van der Waals surface area contributed by atoms with Crippen LogP contribution in [-0.4, -0.2) is 32.3 Å². The van der Waals surface area contributed by atoms with E-state index in [0.717, 1.165) is 12.8 Å². The predicted octanol–water partition coefficient (Wildman–Crippen LogP) is 4.34. The Morgan fingerprint density at radius 3 is 1.03 bits per heavy atom. The number of unbranched alkanes of at least 4 members (excludes halogenated alkanes) is 11. The minimum atomic E-state index is -4.23. The molecule has 0 amide bonds. The average Bonchev–Trinajstić information content (AvgIpc) is 2.76. The molecule has 0 rings (SSSR count). The van der Waals surface area contributed by atoms with Crippen LogP contribution in [0.5, 0.6) is 0 Å². The van der Waals surface area contributed by atoms with Crippen LogP contribution in [0.1, 0.15) is 137 Å². The number of hydrogen-bond donors (Lipinski definition) is 2. The van der Waals surface area contributed by atoms with Crippen molar-refractivity contribution in [3.05, 3.63) is 0 Å². The molecule has 5 nitrogen and oxygen atoms in total. The summed E-state index contributed by atoms with van der Waals surface area (Å²) in [6.07, 6.45) is 19.4. The van der Waals surface area contributed by atoms with Crippen LogP contribution < -0.4 is 20.4 Å². The van der Waals surface area contributed by atoms with Crippen molar-refractivity contribution in [3.8, 4) is 0 Å². The molecule has 0 fully saturated rings. The molecule has 0 radical (unpaired) electrons. The van der Waals surface area contributed by atoms with Crippen molar-refractivity contribution in [3.63, 3.8) is 0 Å². The standard InChI is InChI=1S/C10H23O3P.2C8H19N/c1-2-3-4-5-6-7-8-9-10-14(11,12)13;2*1-3-5-7-9-8-6-4-2/h2-10H2,1H3,(H2,11,12,13);2*9H,3-8H2,1-2H3. The van der Waals surface area contributed by atoms with Gasteiger partial charge in [0.2, 0.25) is 0 Å². The fourth-order valence-electron chi connectivity index (χ4n) is 3.12. The summed E-state index contributed by atoms with van der Waals surface area (Å²) in [5, 5.41) is 4.85. The zero-order chi connectivity index (χ0) is 24.8. The van der Waals surface area contributed by atoms with Gasteiger partial charge in [-0.1, -0.05) is 113 Å². The zero-order valence-corrected chi connectivity index (χ0v) is 23.6. The van der Waals surface area contributed by atoms with Gasteiger partial charge in [0, 0.05) is 0 Å². The van der Waals surface area contributed by atoms with E-state index in [1.165, 1.54) is 110 Å². The van der Waals surface area contributed by atoms with E-state index in [1.807, 2.05) is 0 Å². The molecule has 0 aliphatic heterocycles. The number of nitrogens with two attached hydrogens (primary N) is 2. The van der Waals surface area contributed by atoms with Crippen LogP contribution in [0.3, 0.4) is 0 Å². The molecule has 0 spiro atoms. The minimum Gasteiger partial charge on any atom is -0.811 e. The van der Waals surface area contributed by atoms with Crippen LogP contribution >= 0.6 is 7.60 Å². The summed E-state index contributed by atoms with van der Waals surface area (Å²) in [6, 6.07) is 0. The molecule has 0 aliphatic carbocycles. The summed E-state index contributed by atoms with van der Waals surface area (Å²) in [7, 11) is -4.23. The van der Waals surface area contributed by atoms with Crippen molar-refractivity contribution >= 4 is 7.60 Å². The third-order valence-electron chi connectivity index (χ3n) is 5.33. The maximum absolute atomic E-state index is 10.3. The predicted molar refractivity (Wildman–Crippen MR) is 138 cm³/mol. The van der Waals surface area contributed by atoms with Crippen LogP contribution in [0.15, 0.2) is 0 Å². The first-order chi connectivity index (χ1) is 15.4. The molecule has 0 aliphatic rings. The largest absolute Gasteiger partial charge is 0.811 e. The number of rotatable bonds is 21. The van der Waals surface area contributed by atoms with Crippen molar-refractivity contribution in [1.82, 2.24) is 0 Å². The van der Waals surface area contributed by atoms with Crippen LogP contribution in [0.2, 0.25) is 0 Å². The lowest BCUT2D eigenvalue weighted by molar-refractivity contribution is -0.655. The monoisotopic (exact) mass is 480 g/mol. The van der Waals surface area contributed by atoms with E-state index in [0.29, 0.717) is 6.42 Å². The van der Waals surface area contributed by atoms with Crippen molar-refractivity contribution < 1.29 is 25.0 Å². The summed E-state index contributed by atoms with van der Waals surface area (Å²) < 4.78 is 10.3. The smallest absolute Gasteiger partial charge is 0.0755 e. The molecule has 0 bridgehead atoms. The van der Waals surface area contributed by atoms with Gasteiger partial charge >= 0.3 is 0 Å². The molecule has 6 heteroatoms. The lowest BCUT2D eigenvalue weighted by Gasteiger charge is -2.29. The molecule has 32 heavy (non-hydrogen) atoms. The van der Waals surface area contributed by atoms with E-state index >= 15 is 0 Å². The van der Waals surface area contributed by atoms with Gasteiger partial charge in [-0.3, -0.25) is 0 Å². The Labute approximate surface area is 202 Å². The van der Waals surface area contributed by atoms with Crippen LogP contribution in [0.25, 0.3) is 0 Å². The summed E-state index contributed by atoms with van der Waals surface area (Å²) in [5.74, 6) is 0. The van der Waals surface area contributed by atoms with E-state index < -0.39 is 7.60 Å². The molecule has 0 aromatic rings. The van der Waals surface area contributed by atoms with Gasteiger partial charge in [-0.05, 0) is 38.3 Å². The van der Waals surface area contributed by atoms with Gasteiger partial charge in [-0.25, -0.2) is 0 Å². The number of hydrogen-bond acceptors (Lipinski definition) is 3. The molecule has 0 heterocycles. The molecule has 0 aromatic heterocycles. The highest BCUT2D eigenvalue weighted by molar-refractivity contribution is 7.48. The normalized spacial score (nSPS) is 10.8. The average molecular weight is 481 g/mol. The molecular formula is C26H61N2O3P. The first-order valence-corrected chi connectivity index (χ1v) is 15.8. The molecule has 4 N–H and O–H groups in total. The molecule has 0 unspecified atom stereocenters. The fourth-order valence-corrected chi connectivity index (χ4v) is 3.73. The van der Waals surface area contributed by atoms with E-state index in [-0.39, 0.29) is 6.16 Å². The SMILES string of the molecule is CCCCCCCCCCP(=O)([O-])[O-].CCCC[NH2+]CCCC.CCCC[NH2+]CCCC. The van der Waals surface area contributed by atoms with Crippen molar-refractivity contribution in [2.45, 2.75) is 137 Å². The minimum absolute atomic E-state index is 0.165. The van der Waals surface area contributed by atoms with Crippen molar-refractivity contribution in [1.29, 1.82) is 0 Å². The second-order valence-electron chi connectivity index (χ2n) is 8.96. The van der Waals surface area contributed by atoms with E-state index in [1.54, 1.807) is 0 Å². The Balaban J connectivity index is -0.000000411. The lowest BCUT2D eigenvalue weighted by atomic mass is 10.1. The quantitative estimate of drug-likeness (QED) is 0.189. The van der Waals surface area contributed by atoms with Gasteiger partial charge in [-0.2, -0.15) is 0 Å². The Morgan fingerprint density at radius 1 is 0.469 bits per heavy atom. The fraction of sp³-hybridized carbons (Fsp3) is 1.00. The van der Waals surface area contributed by atoms with Crippen molar-refractivity contribution in [2.75, 3.05) is 32.3 Å². The van der Waals surface area contributed by atoms with Gasteiger partial charge in [0.25, 0.3) is 0 Å². The Morgan fingerprint density at radius 2 is 0.750 bits per heavy atom. The Bertz CT molecular complexity index is 326. The van der Waals surface area contributed by atoms with Gasteiger partial charge in [-0.15, -0.1) is 0 Å². The maximum Gasteiger partial charge on any atom is 0.0755 e. The molecule has 0 aromatic carbocycles. The van der Waals surface area contributed by atoms with E-state index in [2.05, 4.69) is 45.3 Å². The van der Waals surface area contributed by atoms with Gasteiger partial charge in [0.1, 0.15) is 0 Å². The molecule has 0 saturated carbocycles. The molecule has 0 saturated heterocycles. The highest BCUT2D eigenvalue weighted by Gasteiger charge is 1.93. The van der Waals surface area contributed by atoms with Gasteiger partial charge in [0.05, 0.1) is 26.2 Å². The second kappa shape index (κ2) is 33.2. The summed E-state index contributed by atoms with van der Waals surface area (Å²) in [5.41, 5.74) is 0. The Kier molecular flexibility index (Phi) is 38.1. The summed E-state index contributed by atoms with van der Waals surface area (Å²) in [6.45, 7) is 16.5. The third kappa shape index (κ3) is 47.7. The molecule has 0 atom stereocenters. The second-order valence-corrected chi connectivity index (χ2v) is 10.6. The molecular weight excluding hydrogens is 419 g/mol. The summed E-state index contributed by atoms with van der Waals surface area (Å²) >= 11 is 0. The molecule has 198 valence electrons. The first-order valence-electron chi connectivity index (χ1n) is 14.0. The Hall–Kier alpha value is 0.0700.